The highest BCUT2D eigenvalue weighted by Gasteiger charge is 2.15. The molecule has 188 valence electrons. The predicted octanol–water partition coefficient (Wildman–Crippen LogP) is 5.23. The Bertz CT molecular complexity index is 1310. The normalized spacial score (nSPS) is 15.6. The van der Waals surface area contributed by atoms with E-state index < -0.39 is 0 Å². The molecule has 1 aromatic carbocycles. The average Bonchev–Trinajstić information content (AvgIpc) is 3.35. The summed E-state index contributed by atoms with van der Waals surface area (Å²) in [7, 11) is 1.64. The highest BCUT2D eigenvalue weighted by molar-refractivity contribution is 6.34. The van der Waals surface area contributed by atoms with Gasteiger partial charge >= 0.3 is 0 Å². The van der Waals surface area contributed by atoms with Crippen molar-refractivity contribution >= 4 is 28.4 Å². The zero-order chi connectivity index (χ0) is 25.5. The number of hydrogen-bond acceptors (Lipinski definition) is 6. The van der Waals surface area contributed by atoms with Gasteiger partial charge in [0.25, 0.3) is 0 Å². The summed E-state index contributed by atoms with van der Waals surface area (Å²) in [6.07, 6.45) is 11.9. The van der Waals surface area contributed by atoms with Gasteiger partial charge in [0.05, 0.1) is 25.3 Å². The highest BCUT2D eigenvalue weighted by Crippen LogP contribution is 2.34. The van der Waals surface area contributed by atoms with Gasteiger partial charge in [0.15, 0.2) is 11.5 Å². The van der Waals surface area contributed by atoms with Gasteiger partial charge in [-0.05, 0) is 41.8 Å². The lowest BCUT2D eigenvalue weighted by Gasteiger charge is -2.22. The summed E-state index contributed by atoms with van der Waals surface area (Å²) in [5.41, 5.74) is 3.65. The number of pyridine rings is 1. The summed E-state index contributed by atoms with van der Waals surface area (Å²) in [6.45, 7) is 2.64. The van der Waals surface area contributed by atoms with Crippen LogP contribution in [0.1, 0.15) is 18.9 Å². The van der Waals surface area contributed by atoms with Crippen molar-refractivity contribution in [2.75, 3.05) is 26.9 Å². The molecule has 0 amide bonds. The van der Waals surface area contributed by atoms with Crippen LogP contribution in [-0.4, -0.2) is 52.6 Å². The van der Waals surface area contributed by atoms with Gasteiger partial charge in [-0.3, -0.25) is 4.79 Å². The first-order chi connectivity index (χ1) is 17.5. The highest BCUT2D eigenvalue weighted by atomic mass is 35.5. The number of halogens is 1. The summed E-state index contributed by atoms with van der Waals surface area (Å²) < 4.78 is 11.1. The van der Waals surface area contributed by atoms with Gasteiger partial charge < -0.3 is 24.5 Å². The molecule has 1 atom stereocenters. The maximum atomic E-state index is 12.3. The van der Waals surface area contributed by atoms with Crippen LogP contribution in [0.15, 0.2) is 78.7 Å². The maximum Gasteiger partial charge on any atom is 0.195 e. The number of benzene rings is 1. The lowest BCUT2D eigenvalue weighted by atomic mass is 10.0. The summed E-state index contributed by atoms with van der Waals surface area (Å²) in [4.78, 5) is 21.7. The smallest absolute Gasteiger partial charge is 0.195 e. The fourth-order valence-corrected chi connectivity index (χ4v) is 4.43. The molecular weight excluding hydrogens is 478 g/mol. The van der Waals surface area contributed by atoms with Gasteiger partial charge in [0.1, 0.15) is 11.4 Å². The number of aliphatic hydroxyl groups is 1. The van der Waals surface area contributed by atoms with Gasteiger partial charge in [-0.15, -0.1) is 0 Å². The van der Waals surface area contributed by atoms with E-state index in [1.54, 1.807) is 19.5 Å². The van der Waals surface area contributed by atoms with Gasteiger partial charge in [-0.2, -0.15) is 0 Å². The summed E-state index contributed by atoms with van der Waals surface area (Å²) >= 11 is 6.52. The molecule has 0 spiro atoms. The zero-order valence-corrected chi connectivity index (χ0v) is 21.2. The van der Waals surface area contributed by atoms with Crippen molar-refractivity contribution in [2.24, 2.45) is 5.92 Å². The Morgan fingerprint density at radius 3 is 2.94 bits per heavy atom. The number of ketones is 1. The van der Waals surface area contributed by atoms with Crippen LogP contribution in [-0.2, 0) is 20.8 Å². The van der Waals surface area contributed by atoms with Gasteiger partial charge in [-0.1, -0.05) is 35.9 Å². The van der Waals surface area contributed by atoms with Crippen LogP contribution in [0.3, 0.4) is 0 Å². The number of carbonyl (C=O) groups is 1. The first kappa shape index (κ1) is 25.5. The minimum absolute atomic E-state index is 0.0581. The number of carbonyl (C=O) groups excluding carboxylic acids is 1. The molecule has 0 saturated heterocycles. The van der Waals surface area contributed by atoms with Gasteiger partial charge in [0.2, 0.25) is 0 Å². The van der Waals surface area contributed by atoms with Crippen LogP contribution in [0.2, 0.25) is 5.02 Å². The second-order valence-electron chi connectivity index (χ2n) is 8.64. The summed E-state index contributed by atoms with van der Waals surface area (Å²) in [6, 6.07) is 10.0. The monoisotopic (exact) mass is 507 g/mol. The lowest BCUT2D eigenvalue weighted by molar-refractivity contribution is -0.117. The van der Waals surface area contributed by atoms with E-state index in [9.17, 15) is 9.90 Å². The number of methoxy groups -OCH3 is 1. The van der Waals surface area contributed by atoms with Crippen molar-refractivity contribution in [3.05, 3.63) is 89.3 Å². The molecule has 0 saturated carbocycles. The molecule has 8 heteroatoms. The van der Waals surface area contributed by atoms with E-state index in [1.807, 2.05) is 53.6 Å². The maximum absolute atomic E-state index is 12.3. The van der Waals surface area contributed by atoms with Crippen molar-refractivity contribution in [3.8, 4) is 11.1 Å². The SMILES string of the molecule is COC1=CCC(CO/C(=C/N(CCO)Cc2cccc(-c3c(Cl)cnc4[nH]ccc34)c2)C(C)=O)C=C1. The molecule has 2 N–H and O–H groups in total. The van der Waals surface area contributed by atoms with Crippen LogP contribution in [0.25, 0.3) is 22.2 Å². The molecular formula is C28H30ClN3O4. The number of rotatable bonds is 11. The van der Waals surface area contributed by atoms with Crippen LogP contribution >= 0.6 is 11.6 Å². The van der Waals surface area contributed by atoms with E-state index in [4.69, 9.17) is 21.1 Å². The van der Waals surface area contributed by atoms with Crippen molar-refractivity contribution in [1.29, 1.82) is 0 Å². The third-order valence-electron chi connectivity index (χ3n) is 6.02. The third-order valence-corrected chi connectivity index (χ3v) is 6.31. The predicted molar refractivity (Wildman–Crippen MR) is 141 cm³/mol. The molecule has 0 bridgehead atoms. The minimum Gasteiger partial charge on any atom is -0.497 e. The number of aromatic amines is 1. The Kier molecular flexibility index (Phi) is 8.46. The summed E-state index contributed by atoms with van der Waals surface area (Å²) in [5.74, 6) is 1.08. The molecule has 2 heterocycles. The first-order valence-corrected chi connectivity index (χ1v) is 12.2. The second kappa shape index (κ2) is 11.9. The molecule has 0 radical (unpaired) electrons. The molecule has 1 aliphatic rings. The Morgan fingerprint density at radius 1 is 1.36 bits per heavy atom. The van der Waals surface area contributed by atoms with E-state index in [0.29, 0.717) is 24.7 Å². The average molecular weight is 508 g/mol. The molecule has 1 aliphatic carbocycles. The quantitative estimate of drug-likeness (QED) is 0.273. The molecule has 2 aromatic heterocycles. The number of allylic oxidation sites excluding steroid dienone is 3. The van der Waals surface area contributed by atoms with Crippen molar-refractivity contribution in [2.45, 2.75) is 19.9 Å². The minimum atomic E-state index is -0.169. The first-order valence-electron chi connectivity index (χ1n) is 11.8. The number of nitrogens with zero attached hydrogens (tertiary/aromatic N) is 2. The number of aromatic nitrogens is 2. The number of ether oxygens (including phenoxy) is 2. The number of H-pyrrole nitrogens is 1. The Hall–Kier alpha value is -3.55. The summed E-state index contributed by atoms with van der Waals surface area (Å²) in [5, 5.41) is 11.2. The Morgan fingerprint density at radius 2 is 2.22 bits per heavy atom. The lowest BCUT2D eigenvalue weighted by Crippen LogP contribution is -2.23. The van der Waals surface area contributed by atoms with E-state index in [1.165, 1.54) is 6.92 Å². The standard InChI is InChI=1S/C28H30ClN3O4/c1-19(34)26(36-18-20-6-8-23(35-2)9-7-20)17-32(12-13-33)16-21-4-3-5-22(14-21)27-24-10-11-30-28(24)31-15-25(27)29/h3-6,8-11,14-15,17,20,33H,7,12-13,16,18H2,1-2H3,(H,30,31)/b26-17+. The van der Waals surface area contributed by atoms with E-state index in [2.05, 4.69) is 16.0 Å². The Labute approximate surface area is 215 Å². The third kappa shape index (κ3) is 6.17. The van der Waals surface area contributed by atoms with Crippen LogP contribution in [0.5, 0.6) is 0 Å². The van der Waals surface area contributed by atoms with Gasteiger partial charge in [0, 0.05) is 55.5 Å². The number of hydrogen-bond donors (Lipinski definition) is 2. The Balaban J connectivity index is 1.52. The van der Waals surface area contributed by atoms with Crippen LogP contribution in [0.4, 0.5) is 0 Å². The fourth-order valence-electron chi connectivity index (χ4n) is 4.17. The molecule has 4 rings (SSSR count). The van der Waals surface area contributed by atoms with Crippen LogP contribution < -0.4 is 0 Å². The van der Waals surface area contributed by atoms with Crippen LogP contribution in [0, 0.1) is 5.92 Å². The molecule has 3 aromatic rings. The number of fused-ring (bicyclic) bond motifs is 1. The van der Waals surface area contributed by atoms with Crippen molar-refractivity contribution in [3.63, 3.8) is 0 Å². The largest absolute Gasteiger partial charge is 0.497 e. The van der Waals surface area contributed by atoms with E-state index >= 15 is 0 Å². The van der Waals surface area contributed by atoms with E-state index in [-0.39, 0.29) is 24.1 Å². The molecule has 0 aliphatic heterocycles. The van der Waals surface area contributed by atoms with Gasteiger partial charge in [-0.25, -0.2) is 4.98 Å². The molecule has 0 fully saturated rings. The molecule has 36 heavy (non-hydrogen) atoms. The zero-order valence-electron chi connectivity index (χ0n) is 20.4. The van der Waals surface area contributed by atoms with Crippen molar-refractivity contribution in [1.82, 2.24) is 14.9 Å². The fraction of sp³-hybridized carbons (Fsp3) is 0.286. The number of nitrogens with one attached hydrogen (secondary N) is 1. The number of Topliss-reactive ketones (excluding diaryl/α,β-unsaturated/α-hetero) is 1. The van der Waals surface area contributed by atoms with E-state index in [0.717, 1.165) is 39.9 Å². The topological polar surface area (TPSA) is 87.7 Å². The molecule has 1 unspecified atom stereocenters. The molecule has 7 nitrogen and oxygen atoms in total. The second-order valence-corrected chi connectivity index (χ2v) is 9.05. The van der Waals surface area contributed by atoms with Crippen molar-refractivity contribution < 1.29 is 19.4 Å². The number of aliphatic hydroxyl groups excluding tert-OH is 1.